The topological polar surface area (TPSA) is 64.2 Å². The number of nitrogens with one attached hydrogen (secondary N) is 1. The molecule has 2 saturated heterocycles. The Morgan fingerprint density at radius 1 is 0.886 bits per heavy atom. The molecule has 0 aromatic carbocycles. The van der Waals surface area contributed by atoms with Crippen molar-refractivity contribution in [2.45, 2.75) is 25.7 Å². The van der Waals surface area contributed by atoms with E-state index in [1.54, 1.807) is 18.6 Å². The van der Waals surface area contributed by atoms with Gasteiger partial charge in [-0.1, -0.05) is 6.42 Å². The summed E-state index contributed by atoms with van der Waals surface area (Å²) in [5, 5.41) is 1.78. The average Bonchev–Trinajstić information content (AvgIpc) is 3.28. The lowest BCUT2D eigenvalue weighted by atomic mass is 10.1. The number of anilines is 1. The monoisotopic (exact) mass is 473 g/mol. The normalized spacial score (nSPS) is 18.0. The zero-order valence-electron chi connectivity index (χ0n) is 20.1. The van der Waals surface area contributed by atoms with Crippen LogP contribution in [0.25, 0.3) is 33.2 Å². The molecule has 1 N–H and O–H groups in total. The number of hydrogen-bond acceptors (Lipinski definition) is 6. The van der Waals surface area contributed by atoms with Crippen LogP contribution >= 0.6 is 0 Å². The maximum Gasteiger partial charge on any atom is 0.165 e. The van der Waals surface area contributed by atoms with E-state index in [2.05, 4.69) is 34.6 Å². The van der Waals surface area contributed by atoms with Crippen LogP contribution in [0.2, 0.25) is 0 Å². The van der Waals surface area contributed by atoms with Crippen LogP contribution < -0.4 is 4.90 Å². The van der Waals surface area contributed by atoms with Crippen molar-refractivity contribution in [3.8, 4) is 11.3 Å². The van der Waals surface area contributed by atoms with Crippen molar-refractivity contribution in [1.29, 1.82) is 0 Å². The van der Waals surface area contributed by atoms with Crippen molar-refractivity contribution in [2.75, 3.05) is 57.3 Å². The largest absolute Gasteiger partial charge is 0.366 e. The summed E-state index contributed by atoms with van der Waals surface area (Å²) >= 11 is 0. The zero-order valence-corrected chi connectivity index (χ0v) is 20.1. The minimum Gasteiger partial charge on any atom is -0.366 e. The van der Waals surface area contributed by atoms with E-state index in [-0.39, 0.29) is 5.82 Å². The number of aromatic nitrogens is 4. The van der Waals surface area contributed by atoms with Gasteiger partial charge in [-0.05, 0) is 63.6 Å². The molecule has 2 aliphatic rings. The lowest BCUT2D eigenvalue weighted by Crippen LogP contribution is -2.47. The zero-order chi connectivity index (χ0) is 23.6. The molecule has 0 spiro atoms. The third kappa shape index (κ3) is 4.60. The summed E-state index contributed by atoms with van der Waals surface area (Å²) in [6.45, 7) is 8.36. The molecule has 8 heteroatoms. The van der Waals surface area contributed by atoms with Gasteiger partial charge in [0, 0.05) is 49.5 Å². The number of hydrogen-bond donors (Lipinski definition) is 1. The van der Waals surface area contributed by atoms with Crippen LogP contribution in [0.3, 0.4) is 0 Å². The molecule has 0 amide bonds. The SMILES string of the molecule is Fc1cnc2[nH]c3cnc(-c4cccnc4)cc3c2c1N1CCN(CCCN2CCCCC2)CC1. The highest BCUT2D eigenvalue weighted by atomic mass is 19.1. The molecule has 182 valence electrons. The fraction of sp³-hybridized carbons (Fsp3) is 0.444. The predicted molar refractivity (Wildman–Crippen MR) is 138 cm³/mol. The van der Waals surface area contributed by atoms with Crippen LogP contribution in [0.15, 0.2) is 43.0 Å². The second-order valence-electron chi connectivity index (χ2n) is 9.74. The van der Waals surface area contributed by atoms with E-state index >= 15 is 4.39 Å². The number of piperidine rings is 1. The van der Waals surface area contributed by atoms with E-state index in [1.807, 2.05) is 18.2 Å². The van der Waals surface area contributed by atoms with Gasteiger partial charge < -0.3 is 14.8 Å². The van der Waals surface area contributed by atoms with Crippen molar-refractivity contribution in [2.24, 2.45) is 0 Å². The third-order valence-electron chi connectivity index (χ3n) is 7.48. The number of halogens is 1. The van der Waals surface area contributed by atoms with Crippen LogP contribution in [0.4, 0.5) is 10.1 Å². The minimum atomic E-state index is -0.267. The van der Waals surface area contributed by atoms with E-state index in [9.17, 15) is 0 Å². The Kier molecular flexibility index (Phi) is 6.31. The number of fused-ring (bicyclic) bond motifs is 3. The first kappa shape index (κ1) is 22.4. The summed E-state index contributed by atoms with van der Waals surface area (Å²) in [6, 6.07) is 5.90. The van der Waals surface area contributed by atoms with E-state index < -0.39 is 0 Å². The first-order valence-corrected chi connectivity index (χ1v) is 12.8. The Bertz CT molecular complexity index is 1290. The van der Waals surface area contributed by atoms with Gasteiger partial charge in [0.15, 0.2) is 5.82 Å². The molecule has 4 aromatic heterocycles. The second kappa shape index (κ2) is 9.87. The molecular formula is C27H32FN7. The fourth-order valence-electron chi connectivity index (χ4n) is 5.60. The van der Waals surface area contributed by atoms with Gasteiger partial charge in [0.05, 0.1) is 34.7 Å². The van der Waals surface area contributed by atoms with E-state index in [0.717, 1.165) is 60.3 Å². The van der Waals surface area contributed by atoms with Gasteiger partial charge >= 0.3 is 0 Å². The molecule has 7 nitrogen and oxygen atoms in total. The highest BCUT2D eigenvalue weighted by Gasteiger charge is 2.24. The molecule has 2 aliphatic heterocycles. The highest BCUT2D eigenvalue weighted by Crippen LogP contribution is 2.36. The summed E-state index contributed by atoms with van der Waals surface area (Å²) in [4.78, 5) is 23.8. The quantitative estimate of drug-likeness (QED) is 0.450. The van der Waals surface area contributed by atoms with Crippen molar-refractivity contribution in [3.63, 3.8) is 0 Å². The van der Waals surface area contributed by atoms with Crippen LogP contribution in [0.1, 0.15) is 25.7 Å². The maximum absolute atomic E-state index is 15.3. The van der Waals surface area contributed by atoms with Gasteiger partial charge in [-0.25, -0.2) is 9.37 Å². The number of nitrogens with zero attached hydrogens (tertiary/aromatic N) is 6. The van der Waals surface area contributed by atoms with E-state index in [4.69, 9.17) is 0 Å². The first-order chi connectivity index (χ1) is 17.3. The molecule has 6 rings (SSSR count). The van der Waals surface area contributed by atoms with Gasteiger partial charge in [-0.3, -0.25) is 14.9 Å². The van der Waals surface area contributed by atoms with Gasteiger partial charge in [0.1, 0.15) is 5.65 Å². The smallest absolute Gasteiger partial charge is 0.165 e. The standard InChI is InChI=1S/C27H32FN7/c28-22-18-31-27-25(21-16-23(30-19-24(21)32-27)20-6-4-7-29-17-20)26(22)35-14-12-34(13-15-35)11-5-10-33-8-2-1-3-9-33/h4,6-7,16-19H,1-3,5,8-15H2,(H,31,32). The molecular weight excluding hydrogens is 441 g/mol. The molecule has 4 aromatic rings. The minimum absolute atomic E-state index is 0.267. The number of rotatable bonds is 6. The maximum atomic E-state index is 15.3. The average molecular weight is 474 g/mol. The summed E-state index contributed by atoms with van der Waals surface area (Å²) in [7, 11) is 0. The lowest BCUT2D eigenvalue weighted by Gasteiger charge is -2.37. The summed E-state index contributed by atoms with van der Waals surface area (Å²) in [5.41, 5.74) is 3.97. The molecule has 6 heterocycles. The number of aromatic amines is 1. The number of H-pyrrole nitrogens is 1. The lowest BCUT2D eigenvalue weighted by molar-refractivity contribution is 0.198. The van der Waals surface area contributed by atoms with Gasteiger partial charge in [-0.15, -0.1) is 0 Å². The van der Waals surface area contributed by atoms with Gasteiger partial charge in [0.25, 0.3) is 0 Å². The van der Waals surface area contributed by atoms with Crippen LogP contribution in [0, 0.1) is 5.82 Å². The van der Waals surface area contributed by atoms with Crippen molar-refractivity contribution in [3.05, 3.63) is 48.8 Å². The summed E-state index contributed by atoms with van der Waals surface area (Å²) < 4.78 is 15.3. The van der Waals surface area contributed by atoms with Crippen molar-refractivity contribution >= 4 is 27.6 Å². The summed E-state index contributed by atoms with van der Waals surface area (Å²) in [6.07, 6.45) is 12.0. The molecule has 0 saturated carbocycles. The Labute approximate surface area is 205 Å². The third-order valence-corrected chi connectivity index (χ3v) is 7.48. The second-order valence-corrected chi connectivity index (χ2v) is 9.74. The molecule has 2 fully saturated rings. The van der Waals surface area contributed by atoms with Crippen molar-refractivity contribution < 1.29 is 4.39 Å². The number of piperazine rings is 1. The Morgan fingerprint density at radius 3 is 2.46 bits per heavy atom. The highest BCUT2D eigenvalue weighted by molar-refractivity contribution is 6.12. The van der Waals surface area contributed by atoms with Crippen LogP contribution in [0.5, 0.6) is 0 Å². The first-order valence-electron chi connectivity index (χ1n) is 12.8. The molecule has 0 unspecified atom stereocenters. The molecule has 0 atom stereocenters. The molecule has 0 radical (unpaired) electrons. The molecule has 0 bridgehead atoms. The Hall–Kier alpha value is -3.10. The number of likely N-dealkylation sites (tertiary alicyclic amines) is 1. The van der Waals surface area contributed by atoms with E-state index in [1.165, 1.54) is 51.5 Å². The molecule has 35 heavy (non-hydrogen) atoms. The summed E-state index contributed by atoms with van der Waals surface area (Å²) in [5.74, 6) is -0.267. The van der Waals surface area contributed by atoms with Crippen molar-refractivity contribution in [1.82, 2.24) is 29.7 Å². The van der Waals surface area contributed by atoms with Crippen LogP contribution in [-0.4, -0.2) is 82.1 Å². The Morgan fingerprint density at radius 2 is 1.69 bits per heavy atom. The van der Waals surface area contributed by atoms with Gasteiger partial charge in [-0.2, -0.15) is 0 Å². The predicted octanol–water partition coefficient (Wildman–Crippen LogP) is 4.31. The van der Waals surface area contributed by atoms with Crippen LogP contribution in [-0.2, 0) is 0 Å². The van der Waals surface area contributed by atoms with E-state index in [0.29, 0.717) is 11.3 Å². The van der Waals surface area contributed by atoms with Gasteiger partial charge in [0.2, 0.25) is 0 Å². The number of pyridine rings is 3. The molecule has 0 aliphatic carbocycles. The Balaban J connectivity index is 1.21. The fourth-order valence-corrected chi connectivity index (χ4v) is 5.60.